The summed E-state index contributed by atoms with van der Waals surface area (Å²) in [6.07, 6.45) is 4.09. The molecular weight excluding hydrogens is 166 g/mol. The van der Waals surface area contributed by atoms with E-state index in [1.807, 2.05) is 0 Å². The number of rotatable bonds is 1. The Morgan fingerprint density at radius 2 is 2.00 bits per heavy atom. The first kappa shape index (κ1) is 9.44. The van der Waals surface area contributed by atoms with Crippen LogP contribution < -0.4 is 5.73 Å². The third-order valence-electron chi connectivity index (χ3n) is 3.88. The molecule has 0 unspecified atom stereocenters. The van der Waals surface area contributed by atoms with E-state index < -0.39 is 0 Å². The molecule has 1 spiro atoms. The third kappa shape index (κ3) is 1.49. The molecule has 1 aliphatic carbocycles. The highest BCUT2D eigenvalue weighted by atomic mass is 16.5. The van der Waals surface area contributed by atoms with Gasteiger partial charge in [0.1, 0.15) is 0 Å². The van der Waals surface area contributed by atoms with Gasteiger partial charge in [0, 0.05) is 18.6 Å². The second-order valence-corrected chi connectivity index (χ2v) is 4.45. The summed E-state index contributed by atoms with van der Waals surface area (Å²) in [6, 6.07) is 0. The number of nitrogens with two attached hydrogens (primary N) is 1. The molecule has 2 fully saturated rings. The highest BCUT2D eigenvalue weighted by Crippen LogP contribution is 2.48. The maximum absolute atomic E-state index is 10.1. The van der Waals surface area contributed by atoms with E-state index in [1.54, 1.807) is 0 Å². The zero-order chi connectivity index (χ0) is 9.31. The van der Waals surface area contributed by atoms with Crippen molar-refractivity contribution in [3.63, 3.8) is 0 Å². The normalized spacial score (nSPS) is 38.3. The number of hydrogen-bond donors (Lipinski definition) is 2. The Kier molecular flexibility index (Phi) is 2.58. The van der Waals surface area contributed by atoms with Crippen LogP contribution in [-0.2, 0) is 4.74 Å². The zero-order valence-electron chi connectivity index (χ0n) is 8.04. The summed E-state index contributed by atoms with van der Waals surface area (Å²) in [6.45, 7) is 2.26. The van der Waals surface area contributed by atoms with Gasteiger partial charge in [0.2, 0.25) is 0 Å². The maximum Gasteiger partial charge on any atom is 0.0638 e. The first-order valence-corrected chi connectivity index (χ1v) is 5.24. The van der Waals surface area contributed by atoms with Crippen LogP contribution in [0.1, 0.15) is 25.7 Å². The molecule has 3 N–H and O–H groups in total. The molecule has 2 atom stereocenters. The monoisotopic (exact) mass is 185 g/mol. The van der Waals surface area contributed by atoms with Gasteiger partial charge in [0.05, 0.1) is 6.10 Å². The molecule has 0 aromatic carbocycles. The summed E-state index contributed by atoms with van der Waals surface area (Å²) in [5.74, 6) is 0.332. The summed E-state index contributed by atoms with van der Waals surface area (Å²) < 4.78 is 5.33. The van der Waals surface area contributed by atoms with E-state index in [-0.39, 0.29) is 11.5 Å². The predicted octanol–water partition coefficient (Wildman–Crippen LogP) is 0.513. The van der Waals surface area contributed by atoms with Crippen molar-refractivity contribution in [2.24, 2.45) is 17.1 Å². The molecule has 3 heteroatoms. The van der Waals surface area contributed by atoms with Crippen LogP contribution in [0.2, 0.25) is 0 Å². The van der Waals surface area contributed by atoms with Crippen LogP contribution in [-0.4, -0.2) is 31.0 Å². The van der Waals surface area contributed by atoms with Crippen LogP contribution in [0.25, 0.3) is 0 Å². The summed E-state index contributed by atoms with van der Waals surface area (Å²) in [5, 5.41) is 10.1. The van der Waals surface area contributed by atoms with Gasteiger partial charge in [-0.25, -0.2) is 0 Å². The molecule has 76 valence electrons. The maximum atomic E-state index is 10.1. The number of aliphatic hydroxyl groups excluding tert-OH is 1. The summed E-state index contributed by atoms with van der Waals surface area (Å²) >= 11 is 0. The van der Waals surface area contributed by atoms with Crippen molar-refractivity contribution in [3.05, 3.63) is 0 Å². The van der Waals surface area contributed by atoms with Gasteiger partial charge in [0.25, 0.3) is 0 Å². The van der Waals surface area contributed by atoms with E-state index in [1.165, 1.54) is 0 Å². The molecule has 1 heterocycles. The van der Waals surface area contributed by atoms with E-state index in [4.69, 9.17) is 10.5 Å². The molecule has 3 nitrogen and oxygen atoms in total. The van der Waals surface area contributed by atoms with Crippen LogP contribution in [0.4, 0.5) is 0 Å². The smallest absolute Gasteiger partial charge is 0.0638 e. The van der Waals surface area contributed by atoms with Crippen molar-refractivity contribution in [2.75, 3.05) is 19.8 Å². The van der Waals surface area contributed by atoms with Crippen molar-refractivity contribution in [1.82, 2.24) is 0 Å². The van der Waals surface area contributed by atoms with Gasteiger partial charge >= 0.3 is 0 Å². The average Bonchev–Trinajstić information content (AvgIpc) is 2.47. The standard InChI is InChI=1S/C10H19NO2/c11-7-8-1-2-10(9(8)12)3-5-13-6-4-10/h8-9,12H,1-7,11H2/t8-,9+/m0/s1. The average molecular weight is 185 g/mol. The molecular formula is C10H19NO2. The Bertz CT molecular complexity index is 178. The fourth-order valence-electron chi connectivity index (χ4n) is 2.85. The molecule has 13 heavy (non-hydrogen) atoms. The Morgan fingerprint density at radius 1 is 1.31 bits per heavy atom. The van der Waals surface area contributed by atoms with Gasteiger partial charge < -0.3 is 15.6 Å². The van der Waals surface area contributed by atoms with Crippen molar-refractivity contribution >= 4 is 0 Å². The Hall–Kier alpha value is -0.120. The van der Waals surface area contributed by atoms with E-state index in [0.29, 0.717) is 12.5 Å². The second kappa shape index (κ2) is 3.56. The predicted molar refractivity (Wildman–Crippen MR) is 50.3 cm³/mol. The van der Waals surface area contributed by atoms with Crippen LogP contribution in [0.15, 0.2) is 0 Å². The number of ether oxygens (including phenoxy) is 1. The van der Waals surface area contributed by atoms with E-state index in [0.717, 1.165) is 38.9 Å². The van der Waals surface area contributed by atoms with Gasteiger partial charge in [-0.15, -0.1) is 0 Å². The van der Waals surface area contributed by atoms with Gasteiger partial charge in [-0.1, -0.05) is 0 Å². The lowest BCUT2D eigenvalue weighted by Crippen LogP contribution is -2.40. The highest BCUT2D eigenvalue weighted by molar-refractivity contribution is 4.98. The highest BCUT2D eigenvalue weighted by Gasteiger charge is 2.47. The lowest BCUT2D eigenvalue weighted by Gasteiger charge is -2.37. The molecule has 0 amide bonds. The van der Waals surface area contributed by atoms with Crippen molar-refractivity contribution < 1.29 is 9.84 Å². The lowest BCUT2D eigenvalue weighted by molar-refractivity contribution is -0.0549. The first-order chi connectivity index (χ1) is 6.28. The molecule has 1 saturated heterocycles. The fraction of sp³-hybridized carbons (Fsp3) is 1.00. The number of hydrogen-bond acceptors (Lipinski definition) is 3. The Balaban J connectivity index is 2.06. The topological polar surface area (TPSA) is 55.5 Å². The van der Waals surface area contributed by atoms with Crippen molar-refractivity contribution in [1.29, 1.82) is 0 Å². The minimum atomic E-state index is -0.179. The molecule has 1 saturated carbocycles. The second-order valence-electron chi connectivity index (χ2n) is 4.45. The van der Waals surface area contributed by atoms with E-state index >= 15 is 0 Å². The molecule has 0 radical (unpaired) electrons. The third-order valence-corrected chi connectivity index (χ3v) is 3.88. The van der Waals surface area contributed by atoms with Gasteiger partial charge in [-0.05, 0) is 38.1 Å². The molecule has 2 aliphatic rings. The molecule has 0 aromatic heterocycles. The SMILES string of the molecule is NC[C@@H]1CCC2(CCOCC2)[C@@H]1O. The molecule has 0 aromatic rings. The molecule has 1 aliphatic heterocycles. The largest absolute Gasteiger partial charge is 0.392 e. The van der Waals surface area contributed by atoms with E-state index in [9.17, 15) is 5.11 Å². The minimum Gasteiger partial charge on any atom is -0.392 e. The summed E-state index contributed by atoms with van der Waals surface area (Å²) in [7, 11) is 0. The fourth-order valence-corrected chi connectivity index (χ4v) is 2.85. The van der Waals surface area contributed by atoms with Crippen LogP contribution in [0.5, 0.6) is 0 Å². The van der Waals surface area contributed by atoms with Gasteiger partial charge in [-0.2, -0.15) is 0 Å². The van der Waals surface area contributed by atoms with E-state index in [2.05, 4.69) is 0 Å². The van der Waals surface area contributed by atoms with Crippen molar-refractivity contribution in [2.45, 2.75) is 31.8 Å². The Labute approximate surface area is 79.3 Å². The van der Waals surface area contributed by atoms with Crippen LogP contribution >= 0.6 is 0 Å². The Morgan fingerprint density at radius 3 is 2.54 bits per heavy atom. The summed E-state index contributed by atoms with van der Waals surface area (Å²) in [4.78, 5) is 0. The minimum absolute atomic E-state index is 0.155. The van der Waals surface area contributed by atoms with Gasteiger partial charge in [0.15, 0.2) is 0 Å². The first-order valence-electron chi connectivity index (χ1n) is 5.24. The quantitative estimate of drug-likeness (QED) is 0.626. The zero-order valence-corrected chi connectivity index (χ0v) is 8.04. The van der Waals surface area contributed by atoms with Gasteiger partial charge in [-0.3, -0.25) is 0 Å². The lowest BCUT2D eigenvalue weighted by atomic mass is 9.76. The molecule has 2 rings (SSSR count). The molecule has 0 bridgehead atoms. The number of aliphatic hydroxyl groups is 1. The van der Waals surface area contributed by atoms with Crippen LogP contribution in [0.3, 0.4) is 0 Å². The van der Waals surface area contributed by atoms with Crippen LogP contribution in [0, 0.1) is 11.3 Å². The van der Waals surface area contributed by atoms with Crippen molar-refractivity contribution in [3.8, 4) is 0 Å². The summed E-state index contributed by atoms with van der Waals surface area (Å²) in [5.41, 5.74) is 5.78.